The minimum Gasteiger partial charge on any atom is -0.291 e. The molecule has 1 aliphatic rings. The van der Waals surface area contributed by atoms with Crippen molar-refractivity contribution >= 4 is 24.2 Å². The lowest BCUT2D eigenvalue weighted by Gasteiger charge is -2.26. The first kappa shape index (κ1) is 14.9. The van der Waals surface area contributed by atoms with E-state index in [-0.39, 0.29) is 12.4 Å². The Balaban J connectivity index is 0.00000144. The molecular formula is C14H22ClNS. The molecule has 0 bridgehead atoms. The molecule has 17 heavy (non-hydrogen) atoms. The van der Waals surface area contributed by atoms with Crippen molar-refractivity contribution in [2.24, 2.45) is 0 Å². The number of halogens is 1. The fourth-order valence-electron chi connectivity index (χ4n) is 2.25. The lowest BCUT2D eigenvalue weighted by Crippen LogP contribution is -2.29. The summed E-state index contributed by atoms with van der Waals surface area (Å²) in [5.41, 5.74) is 0. The smallest absolute Gasteiger partial charge is 0.0604 e. The minimum absolute atomic E-state index is 0. The molecule has 1 aromatic rings. The van der Waals surface area contributed by atoms with Gasteiger partial charge in [0.25, 0.3) is 0 Å². The molecule has 0 saturated carbocycles. The number of thioether (sulfide) groups is 1. The number of rotatable bonds is 5. The molecule has 1 aromatic carbocycles. The number of hydrogen-bond donors (Lipinski definition) is 0. The molecular weight excluding hydrogens is 250 g/mol. The fraction of sp³-hybridized carbons (Fsp3) is 0.571. The first-order chi connectivity index (χ1) is 7.90. The van der Waals surface area contributed by atoms with Crippen molar-refractivity contribution in [2.75, 3.05) is 13.1 Å². The maximum atomic E-state index is 2.65. The van der Waals surface area contributed by atoms with Gasteiger partial charge in [-0.25, -0.2) is 0 Å². The molecule has 1 fully saturated rings. The van der Waals surface area contributed by atoms with Crippen LogP contribution in [-0.4, -0.2) is 23.4 Å². The van der Waals surface area contributed by atoms with Gasteiger partial charge in [0.15, 0.2) is 0 Å². The second-order valence-corrected chi connectivity index (χ2v) is 5.67. The van der Waals surface area contributed by atoms with Gasteiger partial charge >= 0.3 is 0 Å². The van der Waals surface area contributed by atoms with Crippen LogP contribution in [0.1, 0.15) is 32.6 Å². The molecule has 1 unspecified atom stereocenters. The molecule has 0 aliphatic carbocycles. The van der Waals surface area contributed by atoms with Gasteiger partial charge < -0.3 is 0 Å². The van der Waals surface area contributed by atoms with Crippen molar-refractivity contribution in [2.45, 2.75) is 42.9 Å². The second kappa shape index (κ2) is 8.02. The number of hydrogen-bond acceptors (Lipinski definition) is 2. The Morgan fingerprint density at radius 3 is 2.41 bits per heavy atom. The topological polar surface area (TPSA) is 3.24 Å². The van der Waals surface area contributed by atoms with Gasteiger partial charge in [0.2, 0.25) is 0 Å². The third-order valence-electron chi connectivity index (χ3n) is 3.10. The first-order valence-corrected chi connectivity index (χ1v) is 7.24. The van der Waals surface area contributed by atoms with Crippen molar-refractivity contribution in [3.63, 3.8) is 0 Å². The third-order valence-corrected chi connectivity index (χ3v) is 4.45. The molecule has 0 aromatic heterocycles. The standard InChI is InChI=1S/C14H21NS.ClH/c1-2-8-14(15-11-6-7-12-15)16-13-9-4-3-5-10-13;/h3-5,9-10,14H,2,6-8,11-12H2,1H3;1H. The normalized spacial score (nSPS) is 17.7. The highest BCUT2D eigenvalue weighted by Crippen LogP contribution is 2.30. The van der Waals surface area contributed by atoms with Crippen LogP contribution in [0.2, 0.25) is 0 Å². The summed E-state index contributed by atoms with van der Waals surface area (Å²) in [5, 5.41) is 0.690. The quantitative estimate of drug-likeness (QED) is 0.729. The van der Waals surface area contributed by atoms with Crippen molar-refractivity contribution in [1.82, 2.24) is 4.90 Å². The Hall–Kier alpha value is -0.180. The lowest BCUT2D eigenvalue weighted by atomic mass is 10.3. The summed E-state index contributed by atoms with van der Waals surface area (Å²) in [5.74, 6) is 0. The Labute approximate surface area is 115 Å². The van der Waals surface area contributed by atoms with Gasteiger partial charge in [-0.1, -0.05) is 31.5 Å². The van der Waals surface area contributed by atoms with Crippen LogP contribution in [0.4, 0.5) is 0 Å². The molecule has 1 nitrogen and oxygen atoms in total. The Morgan fingerprint density at radius 2 is 1.82 bits per heavy atom. The van der Waals surface area contributed by atoms with E-state index in [0.29, 0.717) is 5.37 Å². The van der Waals surface area contributed by atoms with Gasteiger partial charge in [0, 0.05) is 4.90 Å². The van der Waals surface area contributed by atoms with Crippen LogP contribution in [0.15, 0.2) is 35.2 Å². The predicted molar refractivity (Wildman–Crippen MR) is 79.1 cm³/mol. The Morgan fingerprint density at radius 1 is 1.18 bits per heavy atom. The van der Waals surface area contributed by atoms with Crippen molar-refractivity contribution in [1.29, 1.82) is 0 Å². The van der Waals surface area contributed by atoms with Gasteiger partial charge in [-0.2, -0.15) is 0 Å². The van der Waals surface area contributed by atoms with Gasteiger partial charge in [0.05, 0.1) is 5.37 Å². The molecule has 2 rings (SSSR count). The molecule has 1 saturated heterocycles. The van der Waals surface area contributed by atoms with Crippen LogP contribution in [-0.2, 0) is 0 Å². The van der Waals surface area contributed by atoms with Crippen LogP contribution in [0.25, 0.3) is 0 Å². The zero-order valence-electron chi connectivity index (χ0n) is 10.5. The monoisotopic (exact) mass is 271 g/mol. The van der Waals surface area contributed by atoms with Gasteiger partial charge in [0.1, 0.15) is 0 Å². The van der Waals surface area contributed by atoms with Crippen LogP contribution in [0.5, 0.6) is 0 Å². The predicted octanol–water partition coefficient (Wildman–Crippen LogP) is 4.42. The molecule has 96 valence electrons. The van der Waals surface area contributed by atoms with E-state index in [1.165, 1.54) is 43.7 Å². The van der Waals surface area contributed by atoms with E-state index in [1.807, 2.05) is 11.8 Å². The van der Waals surface area contributed by atoms with E-state index in [2.05, 4.69) is 42.2 Å². The summed E-state index contributed by atoms with van der Waals surface area (Å²) in [4.78, 5) is 4.06. The summed E-state index contributed by atoms with van der Waals surface area (Å²) in [7, 11) is 0. The van der Waals surface area contributed by atoms with Crippen molar-refractivity contribution in [3.8, 4) is 0 Å². The van der Waals surface area contributed by atoms with E-state index in [9.17, 15) is 0 Å². The van der Waals surface area contributed by atoms with E-state index >= 15 is 0 Å². The van der Waals surface area contributed by atoms with Crippen LogP contribution in [0.3, 0.4) is 0 Å². The maximum Gasteiger partial charge on any atom is 0.0604 e. The SMILES string of the molecule is CCCC(Sc1ccccc1)N1CCCC1.Cl. The van der Waals surface area contributed by atoms with E-state index in [0.717, 1.165) is 0 Å². The fourth-order valence-corrected chi connectivity index (χ4v) is 3.59. The number of benzene rings is 1. The highest BCUT2D eigenvalue weighted by molar-refractivity contribution is 7.99. The minimum atomic E-state index is 0. The van der Waals surface area contributed by atoms with E-state index < -0.39 is 0 Å². The van der Waals surface area contributed by atoms with Crippen molar-refractivity contribution in [3.05, 3.63) is 30.3 Å². The average Bonchev–Trinajstić information content (AvgIpc) is 2.83. The molecule has 1 aliphatic heterocycles. The maximum absolute atomic E-state index is 2.65. The summed E-state index contributed by atoms with van der Waals surface area (Å²) in [6, 6.07) is 10.8. The Bertz CT molecular complexity index is 298. The van der Waals surface area contributed by atoms with Crippen LogP contribution < -0.4 is 0 Å². The van der Waals surface area contributed by atoms with Crippen LogP contribution >= 0.6 is 24.2 Å². The van der Waals surface area contributed by atoms with E-state index in [4.69, 9.17) is 0 Å². The summed E-state index contributed by atoms with van der Waals surface area (Å²) >= 11 is 2.04. The largest absolute Gasteiger partial charge is 0.291 e. The molecule has 0 amide bonds. The average molecular weight is 272 g/mol. The van der Waals surface area contributed by atoms with E-state index in [1.54, 1.807) is 0 Å². The van der Waals surface area contributed by atoms with Gasteiger partial charge in [-0.3, -0.25) is 4.90 Å². The number of nitrogens with zero attached hydrogens (tertiary/aromatic N) is 1. The first-order valence-electron chi connectivity index (χ1n) is 6.36. The molecule has 0 N–H and O–H groups in total. The van der Waals surface area contributed by atoms with Gasteiger partial charge in [-0.05, 0) is 44.5 Å². The number of likely N-dealkylation sites (tertiary alicyclic amines) is 1. The molecule has 1 atom stereocenters. The molecule has 0 spiro atoms. The lowest BCUT2D eigenvalue weighted by molar-refractivity contribution is 0.304. The highest BCUT2D eigenvalue weighted by atomic mass is 35.5. The zero-order chi connectivity index (χ0) is 11.2. The molecule has 1 heterocycles. The van der Waals surface area contributed by atoms with Gasteiger partial charge in [-0.15, -0.1) is 24.2 Å². The second-order valence-electron chi connectivity index (χ2n) is 4.42. The third kappa shape index (κ3) is 4.53. The van der Waals surface area contributed by atoms with Crippen molar-refractivity contribution < 1.29 is 0 Å². The van der Waals surface area contributed by atoms with Crippen LogP contribution in [0, 0.1) is 0 Å². The summed E-state index contributed by atoms with van der Waals surface area (Å²) in [6.07, 6.45) is 5.35. The highest BCUT2D eigenvalue weighted by Gasteiger charge is 2.21. The summed E-state index contributed by atoms with van der Waals surface area (Å²) < 4.78 is 0. The Kier molecular flexibility index (Phi) is 7.02. The summed E-state index contributed by atoms with van der Waals surface area (Å²) in [6.45, 7) is 4.88. The molecule has 3 heteroatoms. The molecule has 0 radical (unpaired) electrons. The zero-order valence-corrected chi connectivity index (χ0v) is 12.1.